The third kappa shape index (κ3) is 2.04. The molecule has 2 saturated heterocycles. The molecular formula is C21H24N2O3. The molecule has 0 amide bonds. The highest BCUT2D eigenvalue weighted by atomic mass is 16.5. The lowest BCUT2D eigenvalue weighted by Gasteiger charge is -2.48. The smallest absolute Gasteiger partial charge is 0.333 e. The molecule has 2 fully saturated rings. The van der Waals surface area contributed by atoms with Crippen LogP contribution in [0.4, 0.5) is 0 Å². The van der Waals surface area contributed by atoms with Gasteiger partial charge in [-0.25, -0.2) is 4.79 Å². The number of ether oxygens (including phenoxy) is 2. The fraction of sp³-hybridized carbons (Fsp3) is 0.476. The molecule has 0 aliphatic carbocycles. The Hall–Kier alpha value is -2.27. The highest BCUT2D eigenvalue weighted by Crippen LogP contribution is 2.47. The van der Waals surface area contributed by atoms with Gasteiger partial charge in [-0.05, 0) is 43.5 Å². The second-order valence-electron chi connectivity index (χ2n) is 7.68. The normalized spacial score (nSPS) is 31.5. The number of carbonyl (C=O) groups excluding carboxylic acids is 1. The minimum atomic E-state index is -0.129. The van der Waals surface area contributed by atoms with Crippen LogP contribution in [0.2, 0.25) is 0 Å². The van der Waals surface area contributed by atoms with Crippen LogP contribution in [0, 0.1) is 11.8 Å². The molecular weight excluding hydrogens is 328 g/mol. The standard InChI is InChI=1S/C21H24N2O3/c1-4-12-13-8-18-20-15(9-17(22-18)16(13)10-26-21(12)24)14-7-11(25-3)5-6-19(14)23(20)2/h4-7,13,16-18,22H,8-10H2,1-3H3/b12-4+/t13-,16+,17-,18-/m0/s1. The van der Waals surface area contributed by atoms with Crippen LogP contribution in [0.1, 0.15) is 30.6 Å². The van der Waals surface area contributed by atoms with Gasteiger partial charge in [-0.1, -0.05) is 6.08 Å². The van der Waals surface area contributed by atoms with E-state index in [9.17, 15) is 4.79 Å². The van der Waals surface area contributed by atoms with Gasteiger partial charge in [0.1, 0.15) is 5.75 Å². The molecule has 0 unspecified atom stereocenters. The zero-order valence-corrected chi connectivity index (χ0v) is 15.4. The van der Waals surface area contributed by atoms with Gasteiger partial charge in [0.15, 0.2) is 0 Å². The monoisotopic (exact) mass is 352 g/mol. The van der Waals surface area contributed by atoms with Gasteiger partial charge in [-0.15, -0.1) is 0 Å². The van der Waals surface area contributed by atoms with Crippen LogP contribution in [0.15, 0.2) is 29.8 Å². The molecule has 3 aliphatic rings. The number of carbonyl (C=O) groups is 1. The third-order valence-electron chi connectivity index (χ3n) is 6.61. The maximum absolute atomic E-state index is 12.2. The van der Waals surface area contributed by atoms with Crippen LogP contribution >= 0.6 is 0 Å². The summed E-state index contributed by atoms with van der Waals surface area (Å²) in [5, 5.41) is 5.12. The first kappa shape index (κ1) is 15.9. The number of esters is 1. The first-order chi connectivity index (χ1) is 12.6. The number of piperidine rings is 1. The number of benzene rings is 1. The Morgan fingerprint density at radius 1 is 1.38 bits per heavy atom. The minimum Gasteiger partial charge on any atom is -0.497 e. The highest BCUT2D eigenvalue weighted by molar-refractivity contribution is 5.90. The van der Waals surface area contributed by atoms with Crippen molar-refractivity contribution in [1.29, 1.82) is 0 Å². The number of fused-ring (bicyclic) bond motifs is 8. The number of methoxy groups -OCH3 is 1. The van der Waals surface area contributed by atoms with Crippen molar-refractivity contribution < 1.29 is 14.3 Å². The van der Waals surface area contributed by atoms with Crippen molar-refractivity contribution in [2.75, 3.05) is 13.7 Å². The molecule has 5 rings (SSSR count). The maximum Gasteiger partial charge on any atom is 0.333 e. The topological polar surface area (TPSA) is 52.5 Å². The van der Waals surface area contributed by atoms with Crippen LogP contribution in [0.25, 0.3) is 10.9 Å². The summed E-state index contributed by atoms with van der Waals surface area (Å²) in [5.74, 6) is 1.41. The number of allylic oxidation sites excluding steroid dienone is 1. The van der Waals surface area contributed by atoms with Gasteiger partial charge in [-0.2, -0.15) is 0 Å². The maximum atomic E-state index is 12.2. The molecule has 2 bridgehead atoms. The van der Waals surface area contributed by atoms with E-state index in [1.165, 1.54) is 22.2 Å². The molecule has 136 valence electrons. The molecule has 2 aromatic rings. The fourth-order valence-electron chi connectivity index (χ4n) is 5.41. The number of nitrogens with zero attached hydrogens (tertiary/aromatic N) is 1. The summed E-state index contributed by atoms with van der Waals surface area (Å²) in [6.07, 6.45) is 3.86. The van der Waals surface area contributed by atoms with Crippen molar-refractivity contribution in [3.63, 3.8) is 0 Å². The molecule has 1 aromatic heterocycles. The number of hydrogen-bond donors (Lipinski definition) is 1. The van der Waals surface area contributed by atoms with E-state index in [-0.39, 0.29) is 17.9 Å². The zero-order valence-electron chi connectivity index (χ0n) is 15.4. The summed E-state index contributed by atoms with van der Waals surface area (Å²) in [6, 6.07) is 6.94. The molecule has 4 heterocycles. The van der Waals surface area contributed by atoms with Crippen LogP contribution in [0.3, 0.4) is 0 Å². The SMILES string of the molecule is C/C=C1/C(=O)OC[C@H]2[C@@H]3Cc4c(n(C)c5ccc(OC)cc45)[C@H](C[C@@H]12)N3. The van der Waals surface area contributed by atoms with Crippen LogP contribution in [-0.2, 0) is 23.0 Å². The van der Waals surface area contributed by atoms with Gasteiger partial charge in [0.2, 0.25) is 0 Å². The molecule has 0 radical (unpaired) electrons. The van der Waals surface area contributed by atoms with Crippen LogP contribution < -0.4 is 10.1 Å². The van der Waals surface area contributed by atoms with Gasteiger partial charge >= 0.3 is 5.97 Å². The highest BCUT2D eigenvalue weighted by Gasteiger charge is 2.48. The molecule has 0 saturated carbocycles. The number of aryl methyl sites for hydroxylation is 1. The van der Waals surface area contributed by atoms with E-state index in [0.29, 0.717) is 18.6 Å². The van der Waals surface area contributed by atoms with Crippen molar-refractivity contribution in [1.82, 2.24) is 9.88 Å². The Balaban J connectivity index is 1.64. The average molecular weight is 352 g/mol. The second-order valence-corrected chi connectivity index (χ2v) is 7.68. The summed E-state index contributed by atoms with van der Waals surface area (Å²) < 4.78 is 13.3. The third-order valence-corrected chi connectivity index (χ3v) is 6.61. The summed E-state index contributed by atoms with van der Waals surface area (Å²) >= 11 is 0. The largest absolute Gasteiger partial charge is 0.497 e. The molecule has 5 nitrogen and oxygen atoms in total. The van der Waals surface area contributed by atoms with Crippen molar-refractivity contribution >= 4 is 16.9 Å². The van der Waals surface area contributed by atoms with E-state index >= 15 is 0 Å². The Kier molecular flexibility index (Phi) is 3.44. The number of cyclic esters (lactones) is 1. The minimum absolute atomic E-state index is 0.129. The summed E-state index contributed by atoms with van der Waals surface area (Å²) in [6.45, 7) is 2.47. The van der Waals surface area contributed by atoms with E-state index in [2.05, 4.69) is 29.1 Å². The summed E-state index contributed by atoms with van der Waals surface area (Å²) in [7, 11) is 3.86. The summed E-state index contributed by atoms with van der Waals surface area (Å²) in [5.41, 5.74) is 4.89. The number of hydrogen-bond acceptors (Lipinski definition) is 4. The molecule has 4 atom stereocenters. The molecule has 0 spiro atoms. The van der Waals surface area contributed by atoms with Crippen molar-refractivity contribution in [3.05, 3.63) is 41.1 Å². The van der Waals surface area contributed by atoms with E-state index < -0.39 is 0 Å². The van der Waals surface area contributed by atoms with E-state index in [4.69, 9.17) is 9.47 Å². The fourth-order valence-corrected chi connectivity index (χ4v) is 5.41. The van der Waals surface area contributed by atoms with Gasteiger partial charge in [0.05, 0.1) is 13.7 Å². The first-order valence-corrected chi connectivity index (χ1v) is 9.37. The van der Waals surface area contributed by atoms with Crippen molar-refractivity contribution in [2.24, 2.45) is 18.9 Å². The Bertz CT molecular complexity index is 942. The second kappa shape index (κ2) is 5.61. The number of nitrogens with one attached hydrogen (secondary N) is 1. The molecule has 1 aromatic carbocycles. The van der Waals surface area contributed by atoms with E-state index in [0.717, 1.165) is 24.2 Å². The van der Waals surface area contributed by atoms with E-state index in [1.807, 2.05) is 19.1 Å². The van der Waals surface area contributed by atoms with E-state index in [1.54, 1.807) is 7.11 Å². The molecule has 3 aliphatic heterocycles. The molecule has 26 heavy (non-hydrogen) atoms. The van der Waals surface area contributed by atoms with Gasteiger partial charge in [0.25, 0.3) is 0 Å². The van der Waals surface area contributed by atoms with Crippen molar-refractivity contribution in [3.8, 4) is 5.75 Å². The Morgan fingerprint density at radius 3 is 3.00 bits per heavy atom. The molecule has 1 N–H and O–H groups in total. The van der Waals surface area contributed by atoms with Gasteiger partial charge < -0.3 is 19.4 Å². The predicted octanol–water partition coefficient (Wildman–Crippen LogP) is 2.88. The first-order valence-electron chi connectivity index (χ1n) is 9.37. The predicted molar refractivity (Wildman–Crippen MR) is 99.2 cm³/mol. The Labute approximate surface area is 153 Å². The average Bonchev–Trinajstić information content (AvgIpc) is 2.93. The van der Waals surface area contributed by atoms with Crippen molar-refractivity contribution in [2.45, 2.75) is 31.8 Å². The van der Waals surface area contributed by atoms with Crippen LogP contribution in [0.5, 0.6) is 5.75 Å². The van der Waals surface area contributed by atoms with Gasteiger partial charge in [-0.3, -0.25) is 0 Å². The van der Waals surface area contributed by atoms with Crippen LogP contribution in [-0.4, -0.2) is 30.3 Å². The quantitative estimate of drug-likeness (QED) is 0.633. The zero-order chi connectivity index (χ0) is 18.0. The lowest BCUT2D eigenvalue weighted by molar-refractivity contribution is -0.147. The van der Waals surface area contributed by atoms with Gasteiger partial charge in [0, 0.05) is 53.1 Å². The lowest BCUT2D eigenvalue weighted by atomic mass is 9.68. The number of rotatable bonds is 1. The number of aromatic nitrogens is 1. The lowest BCUT2D eigenvalue weighted by Crippen LogP contribution is -2.56. The summed E-state index contributed by atoms with van der Waals surface area (Å²) in [4.78, 5) is 12.2. The molecule has 5 heteroatoms. The Morgan fingerprint density at radius 2 is 2.23 bits per heavy atom.